The molecule has 0 unspecified atom stereocenters. The minimum absolute atomic E-state index is 0.0173. The molecular formula is C12H17NO. The van der Waals surface area contributed by atoms with Gasteiger partial charge < -0.3 is 5.32 Å². The molecule has 0 saturated heterocycles. The van der Waals surface area contributed by atoms with Gasteiger partial charge in [-0.1, -0.05) is 19.9 Å². The molecule has 1 aromatic carbocycles. The number of hydrogen-bond acceptors (Lipinski definition) is 1. The van der Waals surface area contributed by atoms with Gasteiger partial charge in [0.1, 0.15) is 0 Å². The molecule has 0 bridgehead atoms. The van der Waals surface area contributed by atoms with Crippen LogP contribution in [0.5, 0.6) is 0 Å². The van der Waals surface area contributed by atoms with Crippen LogP contribution in [0.4, 0.5) is 5.69 Å². The molecule has 1 N–H and O–H groups in total. The second-order valence-electron chi connectivity index (χ2n) is 3.37. The van der Waals surface area contributed by atoms with Crippen molar-refractivity contribution in [3.8, 4) is 0 Å². The van der Waals surface area contributed by atoms with Gasteiger partial charge in [-0.3, -0.25) is 4.79 Å². The van der Waals surface area contributed by atoms with Gasteiger partial charge in [0.2, 0.25) is 5.91 Å². The SMILES string of the molecule is CCc1ccc(NC(C)=O)cc1CC. The van der Waals surface area contributed by atoms with Crippen LogP contribution in [0.3, 0.4) is 0 Å². The fourth-order valence-electron chi connectivity index (χ4n) is 1.58. The summed E-state index contributed by atoms with van der Waals surface area (Å²) in [5.41, 5.74) is 3.58. The lowest BCUT2D eigenvalue weighted by molar-refractivity contribution is -0.114. The number of benzene rings is 1. The maximum atomic E-state index is 10.9. The fraction of sp³-hybridized carbons (Fsp3) is 0.417. The molecule has 0 atom stereocenters. The van der Waals surface area contributed by atoms with E-state index in [1.54, 1.807) is 0 Å². The van der Waals surface area contributed by atoms with Crippen LogP contribution >= 0.6 is 0 Å². The smallest absolute Gasteiger partial charge is 0.221 e. The Labute approximate surface area is 85.3 Å². The minimum atomic E-state index is -0.0173. The fourth-order valence-corrected chi connectivity index (χ4v) is 1.58. The third kappa shape index (κ3) is 2.59. The summed E-state index contributed by atoms with van der Waals surface area (Å²) < 4.78 is 0. The molecule has 0 radical (unpaired) electrons. The van der Waals surface area contributed by atoms with E-state index >= 15 is 0 Å². The van der Waals surface area contributed by atoms with Crippen molar-refractivity contribution < 1.29 is 4.79 Å². The van der Waals surface area contributed by atoms with Crippen molar-refractivity contribution in [3.63, 3.8) is 0 Å². The molecule has 0 saturated carbocycles. The summed E-state index contributed by atoms with van der Waals surface area (Å²) in [6.45, 7) is 5.80. The summed E-state index contributed by atoms with van der Waals surface area (Å²) in [7, 11) is 0. The number of hydrogen-bond donors (Lipinski definition) is 1. The van der Waals surface area contributed by atoms with Crippen LogP contribution in [0.1, 0.15) is 31.9 Å². The standard InChI is InChI=1S/C12H17NO/c1-4-10-6-7-12(13-9(3)14)8-11(10)5-2/h6-8H,4-5H2,1-3H3,(H,13,14). The Morgan fingerprint density at radius 1 is 1.21 bits per heavy atom. The summed E-state index contributed by atoms with van der Waals surface area (Å²) >= 11 is 0. The van der Waals surface area contributed by atoms with Crippen molar-refractivity contribution in [2.75, 3.05) is 5.32 Å². The van der Waals surface area contributed by atoms with Crippen LogP contribution in [-0.4, -0.2) is 5.91 Å². The molecule has 0 aliphatic carbocycles. The maximum Gasteiger partial charge on any atom is 0.221 e. The molecule has 0 aliphatic heterocycles. The Bertz CT molecular complexity index is 331. The summed E-state index contributed by atoms with van der Waals surface area (Å²) in [6, 6.07) is 6.10. The van der Waals surface area contributed by atoms with E-state index in [-0.39, 0.29) is 5.91 Å². The number of rotatable bonds is 3. The van der Waals surface area contributed by atoms with E-state index in [1.165, 1.54) is 18.1 Å². The lowest BCUT2D eigenvalue weighted by atomic mass is 10.0. The first-order chi connectivity index (χ1) is 6.67. The van der Waals surface area contributed by atoms with Crippen molar-refractivity contribution in [2.45, 2.75) is 33.6 Å². The topological polar surface area (TPSA) is 29.1 Å². The van der Waals surface area contributed by atoms with Gasteiger partial charge in [0.05, 0.1) is 0 Å². The highest BCUT2D eigenvalue weighted by atomic mass is 16.1. The molecule has 14 heavy (non-hydrogen) atoms. The van der Waals surface area contributed by atoms with Gasteiger partial charge in [-0.15, -0.1) is 0 Å². The van der Waals surface area contributed by atoms with Gasteiger partial charge in [-0.05, 0) is 36.1 Å². The Morgan fingerprint density at radius 3 is 2.36 bits per heavy atom. The highest BCUT2D eigenvalue weighted by Crippen LogP contribution is 2.17. The maximum absolute atomic E-state index is 10.9. The van der Waals surface area contributed by atoms with E-state index in [2.05, 4.69) is 31.3 Å². The molecule has 1 amide bonds. The Balaban J connectivity index is 2.95. The first-order valence-electron chi connectivity index (χ1n) is 5.06. The van der Waals surface area contributed by atoms with Crippen molar-refractivity contribution in [1.82, 2.24) is 0 Å². The summed E-state index contributed by atoms with van der Waals surface area (Å²) in [4.78, 5) is 10.9. The van der Waals surface area contributed by atoms with Gasteiger partial charge in [0.25, 0.3) is 0 Å². The molecule has 1 aromatic rings. The quantitative estimate of drug-likeness (QED) is 0.782. The zero-order chi connectivity index (χ0) is 10.6. The zero-order valence-corrected chi connectivity index (χ0v) is 9.05. The number of carbonyl (C=O) groups is 1. The van der Waals surface area contributed by atoms with Crippen LogP contribution in [0.15, 0.2) is 18.2 Å². The summed E-state index contributed by atoms with van der Waals surface area (Å²) in [6.07, 6.45) is 2.06. The Hall–Kier alpha value is -1.31. The number of anilines is 1. The number of amides is 1. The van der Waals surface area contributed by atoms with Crippen molar-refractivity contribution >= 4 is 11.6 Å². The molecule has 2 heteroatoms. The van der Waals surface area contributed by atoms with E-state index in [9.17, 15) is 4.79 Å². The molecule has 0 aromatic heterocycles. The van der Waals surface area contributed by atoms with Crippen molar-refractivity contribution in [2.24, 2.45) is 0 Å². The molecule has 0 aliphatic rings. The third-order valence-electron chi connectivity index (χ3n) is 2.29. The lowest BCUT2D eigenvalue weighted by Crippen LogP contribution is -2.06. The number of carbonyl (C=O) groups excluding carboxylic acids is 1. The van der Waals surface area contributed by atoms with E-state index in [0.29, 0.717) is 0 Å². The van der Waals surface area contributed by atoms with Crippen LogP contribution in [0.2, 0.25) is 0 Å². The number of aryl methyl sites for hydroxylation is 2. The van der Waals surface area contributed by atoms with Gasteiger partial charge in [-0.2, -0.15) is 0 Å². The molecular weight excluding hydrogens is 174 g/mol. The van der Waals surface area contributed by atoms with E-state index in [0.717, 1.165) is 18.5 Å². The van der Waals surface area contributed by atoms with E-state index in [4.69, 9.17) is 0 Å². The normalized spacial score (nSPS) is 9.93. The monoisotopic (exact) mass is 191 g/mol. The van der Waals surface area contributed by atoms with Crippen LogP contribution in [-0.2, 0) is 17.6 Å². The highest BCUT2D eigenvalue weighted by molar-refractivity contribution is 5.88. The van der Waals surface area contributed by atoms with Gasteiger partial charge in [0, 0.05) is 12.6 Å². The van der Waals surface area contributed by atoms with E-state index < -0.39 is 0 Å². The minimum Gasteiger partial charge on any atom is -0.326 e. The Morgan fingerprint density at radius 2 is 1.86 bits per heavy atom. The first kappa shape index (κ1) is 10.8. The summed E-state index contributed by atoms with van der Waals surface area (Å²) in [5.74, 6) is -0.0173. The van der Waals surface area contributed by atoms with Gasteiger partial charge in [0.15, 0.2) is 0 Å². The number of nitrogens with one attached hydrogen (secondary N) is 1. The summed E-state index contributed by atoms with van der Waals surface area (Å²) in [5, 5.41) is 2.79. The van der Waals surface area contributed by atoms with Crippen LogP contribution in [0, 0.1) is 0 Å². The molecule has 2 nitrogen and oxygen atoms in total. The van der Waals surface area contributed by atoms with Gasteiger partial charge in [-0.25, -0.2) is 0 Å². The van der Waals surface area contributed by atoms with Crippen LogP contribution < -0.4 is 5.32 Å². The predicted octanol–water partition coefficient (Wildman–Crippen LogP) is 2.77. The molecule has 1 rings (SSSR count). The highest BCUT2D eigenvalue weighted by Gasteiger charge is 2.01. The van der Waals surface area contributed by atoms with Crippen molar-refractivity contribution in [3.05, 3.63) is 29.3 Å². The van der Waals surface area contributed by atoms with E-state index in [1.807, 2.05) is 6.07 Å². The lowest BCUT2D eigenvalue weighted by Gasteiger charge is -2.08. The second kappa shape index (κ2) is 4.80. The molecule has 0 spiro atoms. The molecule has 0 fully saturated rings. The molecule has 76 valence electrons. The zero-order valence-electron chi connectivity index (χ0n) is 9.05. The predicted molar refractivity (Wildman–Crippen MR) is 59.5 cm³/mol. The van der Waals surface area contributed by atoms with Crippen molar-refractivity contribution in [1.29, 1.82) is 0 Å². The average molecular weight is 191 g/mol. The van der Waals surface area contributed by atoms with Gasteiger partial charge >= 0.3 is 0 Å². The second-order valence-corrected chi connectivity index (χ2v) is 3.37. The first-order valence-corrected chi connectivity index (χ1v) is 5.06. The molecule has 0 heterocycles. The Kier molecular flexibility index (Phi) is 3.69. The average Bonchev–Trinajstić information content (AvgIpc) is 2.16. The largest absolute Gasteiger partial charge is 0.326 e. The van der Waals surface area contributed by atoms with Crippen LogP contribution in [0.25, 0.3) is 0 Å². The third-order valence-corrected chi connectivity index (χ3v) is 2.29.